The molecule has 92 valence electrons. The molecule has 0 nitrogen and oxygen atoms in total. The Kier molecular flexibility index (Phi) is 5.76. The lowest BCUT2D eigenvalue weighted by Crippen LogP contribution is -1.94. The molecule has 0 heterocycles. The molecule has 0 bridgehead atoms. The van der Waals surface area contributed by atoms with E-state index in [0.29, 0.717) is 0 Å². The van der Waals surface area contributed by atoms with Crippen LogP contribution < -0.4 is 0 Å². The van der Waals surface area contributed by atoms with Gasteiger partial charge in [-0.2, -0.15) is 0 Å². The van der Waals surface area contributed by atoms with Crippen LogP contribution in [0.1, 0.15) is 46.0 Å². The van der Waals surface area contributed by atoms with Gasteiger partial charge in [-0.3, -0.25) is 0 Å². The predicted molar refractivity (Wildman–Crippen MR) is 78.0 cm³/mol. The third-order valence-corrected chi connectivity index (χ3v) is 3.13. The molecule has 0 saturated heterocycles. The van der Waals surface area contributed by atoms with Gasteiger partial charge < -0.3 is 0 Å². The molecule has 0 radical (unpaired) electrons. The van der Waals surface area contributed by atoms with Crippen molar-refractivity contribution in [3.8, 4) is 0 Å². The van der Waals surface area contributed by atoms with E-state index in [2.05, 4.69) is 45.2 Å². The molecule has 0 aliphatic heterocycles. The van der Waals surface area contributed by atoms with Gasteiger partial charge >= 0.3 is 0 Å². The fourth-order valence-corrected chi connectivity index (χ4v) is 2.09. The van der Waals surface area contributed by atoms with Gasteiger partial charge in [-0.05, 0) is 43.8 Å². The Morgan fingerprint density at radius 1 is 1.35 bits per heavy atom. The second-order valence-electron chi connectivity index (χ2n) is 4.78. The molecule has 0 atom stereocenters. The molecule has 0 amide bonds. The third kappa shape index (κ3) is 4.60. The van der Waals surface area contributed by atoms with Crippen LogP contribution in [0.2, 0.25) is 0 Å². The molecule has 0 aromatic carbocycles. The second-order valence-corrected chi connectivity index (χ2v) is 4.78. The first-order valence-corrected chi connectivity index (χ1v) is 6.53. The van der Waals surface area contributed by atoms with Crippen molar-refractivity contribution in [2.24, 2.45) is 0 Å². The van der Waals surface area contributed by atoms with Crippen molar-refractivity contribution < 1.29 is 0 Å². The van der Waals surface area contributed by atoms with Crippen molar-refractivity contribution in [3.63, 3.8) is 0 Å². The summed E-state index contributed by atoms with van der Waals surface area (Å²) in [7, 11) is 0. The molecular weight excluding hydrogens is 204 g/mol. The van der Waals surface area contributed by atoms with Crippen LogP contribution in [-0.2, 0) is 0 Å². The molecule has 1 aliphatic rings. The third-order valence-electron chi connectivity index (χ3n) is 3.13. The van der Waals surface area contributed by atoms with Gasteiger partial charge in [0, 0.05) is 0 Å². The Morgan fingerprint density at radius 2 is 2.12 bits per heavy atom. The Hall–Kier alpha value is -1.30. The summed E-state index contributed by atoms with van der Waals surface area (Å²) in [4.78, 5) is 0. The number of rotatable bonds is 6. The second kappa shape index (κ2) is 7.11. The molecule has 0 heteroatoms. The zero-order valence-corrected chi connectivity index (χ0v) is 11.3. The summed E-state index contributed by atoms with van der Waals surface area (Å²) in [6.07, 6.45) is 14.3. The SMILES string of the molecule is C=CCC(=CC(=C)C1=CC=C(C)CC1)CCC. The monoisotopic (exact) mass is 228 g/mol. The molecule has 1 aliphatic carbocycles. The smallest absolute Gasteiger partial charge is 0.0138 e. The van der Waals surface area contributed by atoms with E-state index in [0.717, 1.165) is 19.3 Å². The lowest BCUT2D eigenvalue weighted by Gasteiger charge is -2.13. The van der Waals surface area contributed by atoms with Gasteiger partial charge in [0.1, 0.15) is 0 Å². The lowest BCUT2D eigenvalue weighted by atomic mass is 9.92. The first-order valence-electron chi connectivity index (χ1n) is 6.53. The summed E-state index contributed by atoms with van der Waals surface area (Å²) in [5.74, 6) is 0. The predicted octanol–water partition coefficient (Wildman–Crippen LogP) is 5.51. The standard InChI is InChI=1S/C17H24/c1-5-7-16(8-6-2)13-15(4)17-11-9-14(3)10-12-17/h5,9,11,13H,1,4,6-8,10,12H2,2-3H3. The highest BCUT2D eigenvalue weighted by atomic mass is 14.1. The number of hydrogen-bond acceptors (Lipinski definition) is 0. The first kappa shape index (κ1) is 13.8. The molecule has 0 unspecified atom stereocenters. The number of allylic oxidation sites excluding steroid dienone is 8. The van der Waals surface area contributed by atoms with Gasteiger partial charge in [-0.15, -0.1) is 6.58 Å². The molecule has 0 N–H and O–H groups in total. The van der Waals surface area contributed by atoms with E-state index < -0.39 is 0 Å². The quantitative estimate of drug-likeness (QED) is 0.415. The number of hydrogen-bond donors (Lipinski definition) is 0. The van der Waals surface area contributed by atoms with Crippen LogP contribution in [0, 0.1) is 0 Å². The van der Waals surface area contributed by atoms with Gasteiger partial charge in [-0.25, -0.2) is 0 Å². The fraction of sp³-hybridized carbons (Fsp3) is 0.412. The minimum Gasteiger partial charge on any atom is -0.103 e. The highest BCUT2D eigenvalue weighted by Crippen LogP contribution is 2.25. The van der Waals surface area contributed by atoms with Crippen LogP contribution in [-0.4, -0.2) is 0 Å². The Labute approximate surface area is 106 Å². The maximum atomic E-state index is 4.20. The van der Waals surface area contributed by atoms with E-state index in [-0.39, 0.29) is 0 Å². The van der Waals surface area contributed by atoms with Crippen molar-refractivity contribution in [2.75, 3.05) is 0 Å². The van der Waals surface area contributed by atoms with Crippen LogP contribution in [0.5, 0.6) is 0 Å². The fourth-order valence-electron chi connectivity index (χ4n) is 2.09. The normalized spacial score (nSPS) is 16.2. The molecule has 0 aromatic heterocycles. The van der Waals surface area contributed by atoms with E-state index in [4.69, 9.17) is 0 Å². The summed E-state index contributed by atoms with van der Waals surface area (Å²) in [5, 5.41) is 0. The average Bonchev–Trinajstić information content (AvgIpc) is 2.30. The first-order chi connectivity index (χ1) is 8.17. The minimum absolute atomic E-state index is 0.981. The van der Waals surface area contributed by atoms with Gasteiger partial charge in [0.2, 0.25) is 0 Å². The molecule has 1 rings (SSSR count). The van der Waals surface area contributed by atoms with E-state index in [1.165, 1.54) is 35.1 Å². The maximum absolute atomic E-state index is 4.20. The summed E-state index contributed by atoms with van der Waals surface area (Å²) in [6.45, 7) is 12.4. The molecule has 0 fully saturated rings. The minimum atomic E-state index is 0.981. The van der Waals surface area contributed by atoms with Crippen LogP contribution in [0.25, 0.3) is 0 Å². The Bertz CT molecular complexity index is 375. The molecule has 17 heavy (non-hydrogen) atoms. The van der Waals surface area contributed by atoms with E-state index in [1.54, 1.807) is 0 Å². The van der Waals surface area contributed by atoms with E-state index in [9.17, 15) is 0 Å². The molecular formula is C17H24. The van der Waals surface area contributed by atoms with Gasteiger partial charge in [-0.1, -0.05) is 55.4 Å². The summed E-state index contributed by atoms with van der Waals surface area (Å²) in [5.41, 5.74) is 5.47. The average molecular weight is 228 g/mol. The van der Waals surface area contributed by atoms with Crippen molar-refractivity contribution in [3.05, 3.63) is 59.8 Å². The summed E-state index contributed by atoms with van der Waals surface area (Å²) in [6, 6.07) is 0. The molecule has 0 aromatic rings. The Morgan fingerprint density at radius 3 is 2.65 bits per heavy atom. The van der Waals surface area contributed by atoms with E-state index in [1.807, 2.05) is 6.08 Å². The van der Waals surface area contributed by atoms with Crippen LogP contribution in [0.3, 0.4) is 0 Å². The van der Waals surface area contributed by atoms with Crippen molar-refractivity contribution >= 4 is 0 Å². The summed E-state index contributed by atoms with van der Waals surface area (Å²) >= 11 is 0. The summed E-state index contributed by atoms with van der Waals surface area (Å²) < 4.78 is 0. The highest BCUT2D eigenvalue weighted by Gasteiger charge is 2.06. The lowest BCUT2D eigenvalue weighted by molar-refractivity contribution is 0.875. The van der Waals surface area contributed by atoms with Crippen LogP contribution in [0.15, 0.2) is 59.8 Å². The Balaban J connectivity index is 2.75. The molecule has 0 spiro atoms. The van der Waals surface area contributed by atoms with Crippen molar-refractivity contribution in [2.45, 2.75) is 46.0 Å². The van der Waals surface area contributed by atoms with Crippen molar-refractivity contribution in [1.82, 2.24) is 0 Å². The zero-order chi connectivity index (χ0) is 12.7. The van der Waals surface area contributed by atoms with Crippen molar-refractivity contribution in [1.29, 1.82) is 0 Å². The largest absolute Gasteiger partial charge is 0.103 e. The highest BCUT2D eigenvalue weighted by molar-refractivity contribution is 5.43. The van der Waals surface area contributed by atoms with Crippen LogP contribution in [0.4, 0.5) is 0 Å². The zero-order valence-electron chi connectivity index (χ0n) is 11.3. The topological polar surface area (TPSA) is 0 Å². The molecule has 0 saturated carbocycles. The van der Waals surface area contributed by atoms with Gasteiger partial charge in [0.05, 0.1) is 0 Å². The van der Waals surface area contributed by atoms with Gasteiger partial charge in [0.25, 0.3) is 0 Å². The maximum Gasteiger partial charge on any atom is -0.0138 e. The van der Waals surface area contributed by atoms with Crippen LogP contribution >= 0.6 is 0 Å². The van der Waals surface area contributed by atoms with Gasteiger partial charge in [0.15, 0.2) is 0 Å². The van der Waals surface area contributed by atoms with E-state index >= 15 is 0 Å².